The number of hydrogen-bond donors (Lipinski definition) is 2. The highest BCUT2D eigenvalue weighted by Crippen LogP contribution is 2.20. The van der Waals surface area contributed by atoms with Gasteiger partial charge >= 0.3 is 5.97 Å². The Bertz CT molecular complexity index is 523. The van der Waals surface area contributed by atoms with Crippen LogP contribution in [0.5, 0.6) is 0 Å². The summed E-state index contributed by atoms with van der Waals surface area (Å²) in [7, 11) is 0. The predicted molar refractivity (Wildman–Crippen MR) is 89.0 cm³/mol. The molecule has 0 aliphatic carbocycles. The maximum Gasteiger partial charge on any atom is 0.306 e. The summed E-state index contributed by atoms with van der Waals surface area (Å²) in [6.45, 7) is 2.29. The topological polar surface area (TPSA) is 67.4 Å². The third-order valence-corrected chi connectivity index (χ3v) is 3.29. The molecular formula is C14H17BrN2O3S. The summed E-state index contributed by atoms with van der Waals surface area (Å²) >= 11 is 8.41. The standard InChI is InChI=1S/C14H17BrN2O3S/c1-2-9-20-13(19)8-7-12(18)17-14(21)16-11-6-4-3-5-10(11)15/h3-6H,2,7-9H2,1H3,(H2,16,17,18,21). The van der Waals surface area contributed by atoms with E-state index in [-0.39, 0.29) is 29.8 Å². The second-order valence-corrected chi connectivity index (χ2v) is 5.47. The first-order valence-electron chi connectivity index (χ1n) is 6.54. The fourth-order valence-electron chi connectivity index (χ4n) is 1.41. The van der Waals surface area contributed by atoms with E-state index < -0.39 is 0 Å². The molecule has 0 radical (unpaired) electrons. The van der Waals surface area contributed by atoms with Crippen LogP contribution in [0.1, 0.15) is 26.2 Å². The average Bonchev–Trinajstić information content (AvgIpc) is 2.45. The van der Waals surface area contributed by atoms with Gasteiger partial charge in [0.2, 0.25) is 5.91 Å². The molecule has 0 aromatic heterocycles. The molecule has 0 fully saturated rings. The van der Waals surface area contributed by atoms with Crippen molar-refractivity contribution in [2.75, 3.05) is 11.9 Å². The summed E-state index contributed by atoms with van der Waals surface area (Å²) in [6, 6.07) is 7.40. The third-order valence-electron chi connectivity index (χ3n) is 2.40. The molecular weight excluding hydrogens is 356 g/mol. The summed E-state index contributed by atoms with van der Waals surface area (Å²) in [6.07, 6.45) is 0.849. The van der Waals surface area contributed by atoms with Gasteiger partial charge in [-0.3, -0.25) is 9.59 Å². The lowest BCUT2D eigenvalue weighted by Gasteiger charge is -2.10. The molecule has 5 nitrogen and oxygen atoms in total. The van der Waals surface area contributed by atoms with E-state index >= 15 is 0 Å². The van der Waals surface area contributed by atoms with Crippen LogP contribution in [0.2, 0.25) is 0 Å². The number of carbonyl (C=O) groups is 2. The molecule has 0 heterocycles. The number of halogens is 1. The van der Waals surface area contributed by atoms with Gasteiger partial charge in [-0.15, -0.1) is 0 Å². The van der Waals surface area contributed by atoms with Gasteiger partial charge in [0.05, 0.1) is 18.7 Å². The van der Waals surface area contributed by atoms with E-state index in [0.29, 0.717) is 6.61 Å². The number of amides is 1. The summed E-state index contributed by atoms with van der Waals surface area (Å²) in [4.78, 5) is 22.9. The summed E-state index contributed by atoms with van der Waals surface area (Å²) in [5, 5.41) is 5.61. The van der Waals surface area contributed by atoms with Crippen LogP contribution in [0.25, 0.3) is 0 Å². The van der Waals surface area contributed by atoms with Crippen molar-refractivity contribution in [3.05, 3.63) is 28.7 Å². The van der Waals surface area contributed by atoms with Gasteiger partial charge in [0, 0.05) is 10.9 Å². The first-order chi connectivity index (χ1) is 10.0. The van der Waals surface area contributed by atoms with Gasteiger partial charge in [0.1, 0.15) is 0 Å². The lowest BCUT2D eigenvalue weighted by molar-refractivity contribution is -0.144. The smallest absolute Gasteiger partial charge is 0.306 e. The van der Waals surface area contributed by atoms with Crippen molar-refractivity contribution < 1.29 is 14.3 Å². The number of hydrogen-bond acceptors (Lipinski definition) is 4. The minimum atomic E-state index is -0.378. The van der Waals surface area contributed by atoms with Crippen molar-refractivity contribution in [2.45, 2.75) is 26.2 Å². The molecule has 1 amide bonds. The number of para-hydroxylation sites is 1. The first kappa shape index (κ1) is 17.6. The van der Waals surface area contributed by atoms with Crippen LogP contribution in [0.3, 0.4) is 0 Å². The van der Waals surface area contributed by atoms with Crippen molar-refractivity contribution in [1.29, 1.82) is 0 Å². The van der Waals surface area contributed by atoms with Crippen LogP contribution in [0, 0.1) is 0 Å². The van der Waals surface area contributed by atoms with Crippen molar-refractivity contribution in [3.8, 4) is 0 Å². The van der Waals surface area contributed by atoms with Crippen molar-refractivity contribution >= 4 is 50.8 Å². The Morgan fingerprint density at radius 1 is 1.29 bits per heavy atom. The van der Waals surface area contributed by atoms with E-state index in [1.165, 1.54) is 0 Å². The third kappa shape index (κ3) is 7.19. The average molecular weight is 373 g/mol. The second kappa shape index (κ2) is 9.46. The molecule has 0 saturated heterocycles. The number of ether oxygens (including phenoxy) is 1. The second-order valence-electron chi connectivity index (χ2n) is 4.20. The summed E-state index contributed by atoms with van der Waals surface area (Å²) in [5.74, 6) is -0.704. The molecule has 0 unspecified atom stereocenters. The quantitative estimate of drug-likeness (QED) is 0.593. The van der Waals surface area contributed by atoms with Gasteiger partial charge in [0.15, 0.2) is 5.11 Å². The van der Waals surface area contributed by atoms with Crippen LogP contribution in [0.15, 0.2) is 28.7 Å². The highest BCUT2D eigenvalue weighted by molar-refractivity contribution is 9.10. The fourth-order valence-corrected chi connectivity index (χ4v) is 2.02. The zero-order valence-electron chi connectivity index (χ0n) is 11.6. The Hall–Kier alpha value is -1.47. The minimum absolute atomic E-state index is 0.0420. The molecule has 7 heteroatoms. The van der Waals surface area contributed by atoms with Crippen LogP contribution in [-0.4, -0.2) is 23.6 Å². The molecule has 1 aromatic carbocycles. The molecule has 114 valence electrons. The molecule has 0 atom stereocenters. The van der Waals surface area contributed by atoms with Gasteiger partial charge in [-0.1, -0.05) is 19.1 Å². The monoisotopic (exact) mass is 372 g/mol. The van der Waals surface area contributed by atoms with E-state index in [2.05, 4.69) is 26.6 Å². The van der Waals surface area contributed by atoms with Crippen molar-refractivity contribution in [2.24, 2.45) is 0 Å². The number of anilines is 1. The lowest BCUT2D eigenvalue weighted by atomic mass is 10.3. The zero-order chi connectivity index (χ0) is 15.7. The Balaban J connectivity index is 2.33. The minimum Gasteiger partial charge on any atom is -0.466 e. The molecule has 0 saturated carbocycles. The lowest BCUT2D eigenvalue weighted by Crippen LogP contribution is -2.34. The van der Waals surface area contributed by atoms with Gasteiger partial charge in [-0.05, 0) is 46.7 Å². The van der Waals surface area contributed by atoms with Crippen LogP contribution in [0.4, 0.5) is 5.69 Å². The normalized spacial score (nSPS) is 9.81. The number of carbonyl (C=O) groups excluding carboxylic acids is 2. The highest BCUT2D eigenvalue weighted by atomic mass is 79.9. The number of esters is 1. The van der Waals surface area contributed by atoms with Gasteiger partial charge in [-0.2, -0.15) is 0 Å². The zero-order valence-corrected chi connectivity index (χ0v) is 14.1. The molecule has 1 aromatic rings. The molecule has 1 rings (SSSR count). The molecule has 0 aliphatic heterocycles. The predicted octanol–water partition coefficient (Wildman–Crippen LogP) is 3.00. The van der Waals surface area contributed by atoms with Gasteiger partial charge in [-0.25, -0.2) is 0 Å². The Labute approximate surface area is 137 Å². The maximum absolute atomic E-state index is 11.6. The molecule has 21 heavy (non-hydrogen) atoms. The number of nitrogens with one attached hydrogen (secondary N) is 2. The maximum atomic E-state index is 11.6. The van der Waals surface area contributed by atoms with Gasteiger partial charge in [0.25, 0.3) is 0 Å². The van der Waals surface area contributed by atoms with Crippen molar-refractivity contribution in [1.82, 2.24) is 5.32 Å². The fraction of sp³-hybridized carbons (Fsp3) is 0.357. The molecule has 0 bridgehead atoms. The van der Waals surface area contributed by atoms with E-state index in [9.17, 15) is 9.59 Å². The van der Waals surface area contributed by atoms with E-state index in [1.807, 2.05) is 31.2 Å². The molecule has 0 aliphatic rings. The number of rotatable bonds is 6. The van der Waals surface area contributed by atoms with Gasteiger partial charge < -0.3 is 15.4 Å². The first-order valence-corrected chi connectivity index (χ1v) is 7.74. The Morgan fingerprint density at radius 3 is 2.67 bits per heavy atom. The van der Waals surface area contributed by atoms with Crippen LogP contribution >= 0.6 is 28.1 Å². The van der Waals surface area contributed by atoms with E-state index in [1.54, 1.807) is 0 Å². The van der Waals surface area contributed by atoms with Crippen molar-refractivity contribution in [3.63, 3.8) is 0 Å². The largest absolute Gasteiger partial charge is 0.466 e. The van der Waals surface area contributed by atoms with E-state index in [0.717, 1.165) is 16.6 Å². The van der Waals surface area contributed by atoms with E-state index in [4.69, 9.17) is 17.0 Å². The van der Waals surface area contributed by atoms with Crippen LogP contribution < -0.4 is 10.6 Å². The summed E-state index contributed by atoms with van der Waals surface area (Å²) < 4.78 is 5.72. The Kier molecular flexibility index (Phi) is 7.92. The van der Waals surface area contributed by atoms with Crippen LogP contribution in [-0.2, 0) is 14.3 Å². The number of benzene rings is 1. The molecule has 2 N–H and O–H groups in total. The number of thiocarbonyl (C=S) groups is 1. The Morgan fingerprint density at radius 2 is 2.00 bits per heavy atom. The summed E-state index contributed by atoms with van der Waals surface area (Å²) in [5.41, 5.74) is 0.755. The molecule has 0 spiro atoms. The SMILES string of the molecule is CCCOC(=O)CCC(=O)NC(=S)Nc1ccccc1Br. The highest BCUT2D eigenvalue weighted by Gasteiger charge is 2.10.